The van der Waals surface area contributed by atoms with Crippen LogP contribution >= 0.6 is 0 Å². The minimum absolute atomic E-state index is 0.0766. The summed E-state index contributed by atoms with van der Waals surface area (Å²) < 4.78 is 19.3. The SMILES string of the molecule is O=Cc1ccc(OC2CC3CCC(C2)N3)cc1F. The molecule has 3 nitrogen and oxygen atoms in total. The van der Waals surface area contributed by atoms with Crippen molar-refractivity contribution < 1.29 is 13.9 Å². The summed E-state index contributed by atoms with van der Waals surface area (Å²) in [6, 6.07) is 5.53. The molecule has 0 aliphatic carbocycles. The van der Waals surface area contributed by atoms with Crippen molar-refractivity contribution in [3.63, 3.8) is 0 Å². The topological polar surface area (TPSA) is 38.3 Å². The molecule has 0 aromatic heterocycles. The van der Waals surface area contributed by atoms with Gasteiger partial charge < -0.3 is 10.1 Å². The fraction of sp³-hybridized carbons (Fsp3) is 0.500. The Labute approximate surface area is 105 Å². The van der Waals surface area contributed by atoms with Crippen LogP contribution in [0, 0.1) is 5.82 Å². The van der Waals surface area contributed by atoms with Crippen molar-refractivity contribution in [2.24, 2.45) is 0 Å². The zero-order valence-corrected chi connectivity index (χ0v) is 10.1. The fourth-order valence-corrected chi connectivity index (χ4v) is 2.97. The molecule has 0 radical (unpaired) electrons. The lowest BCUT2D eigenvalue weighted by Crippen LogP contribution is -2.42. The third kappa shape index (κ3) is 2.25. The number of hydrogen-bond donors (Lipinski definition) is 1. The summed E-state index contributed by atoms with van der Waals surface area (Å²) in [5, 5.41) is 3.54. The maximum atomic E-state index is 13.4. The van der Waals surface area contributed by atoms with Crippen LogP contribution in [0.25, 0.3) is 0 Å². The molecule has 2 saturated heterocycles. The van der Waals surface area contributed by atoms with E-state index in [1.807, 2.05) is 0 Å². The molecule has 0 spiro atoms. The first kappa shape index (κ1) is 11.7. The molecule has 1 N–H and O–H groups in total. The number of benzene rings is 1. The summed E-state index contributed by atoms with van der Waals surface area (Å²) in [5.74, 6) is 0.00352. The predicted octanol–water partition coefficient (Wildman–Crippen LogP) is 2.30. The van der Waals surface area contributed by atoms with Crippen molar-refractivity contribution in [1.29, 1.82) is 0 Å². The smallest absolute Gasteiger partial charge is 0.152 e. The Morgan fingerprint density at radius 3 is 2.61 bits per heavy atom. The van der Waals surface area contributed by atoms with Gasteiger partial charge in [0.15, 0.2) is 6.29 Å². The summed E-state index contributed by atoms with van der Waals surface area (Å²) >= 11 is 0. The van der Waals surface area contributed by atoms with Crippen LogP contribution in [0.4, 0.5) is 4.39 Å². The number of carbonyl (C=O) groups is 1. The highest BCUT2D eigenvalue weighted by Crippen LogP contribution is 2.29. The van der Waals surface area contributed by atoms with Crippen LogP contribution in [0.1, 0.15) is 36.0 Å². The van der Waals surface area contributed by atoms with Crippen molar-refractivity contribution in [3.8, 4) is 5.75 Å². The largest absolute Gasteiger partial charge is 0.490 e. The maximum absolute atomic E-state index is 13.4. The third-order valence-corrected chi connectivity index (χ3v) is 3.83. The monoisotopic (exact) mass is 249 g/mol. The molecule has 0 saturated carbocycles. The van der Waals surface area contributed by atoms with E-state index in [-0.39, 0.29) is 11.7 Å². The summed E-state index contributed by atoms with van der Waals surface area (Å²) in [4.78, 5) is 10.5. The van der Waals surface area contributed by atoms with Crippen LogP contribution < -0.4 is 10.1 Å². The first-order chi connectivity index (χ1) is 8.74. The molecule has 3 rings (SSSR count). The summed E-state index contributed by atoms with van der Waals surface area (Å²) in [5.41, 5.74) is 0.0766. The standard InChI is InChI=1S/C14H16FNO2/c15-14-7-12(4-1-9(14)8-17)18-13-5-10-2-3-11(6-13)16-10/h1,4,7-8,10-11,13,16H,2-3,5-6H2. The molecular weight excluding hydrogens is 233 g/mol. The number of rotatable bonds is 3. The molecule has 18 heavy (non-hydrogen) atoms. The zero-order chi connectivity index (χ0) is 12.5. The Hall–Kier alpha value is -1.42. The van der Waals surface area contributed by atoms with Gasteiger partial charge in [-0.1, -0.05) is 0 Å². The van der Waals surface area contributed by atoms with E-state index in [0.717, 1.165) is 12.8 Å². The quantitative estimate of drug-likeness (QED) is 0.835. The van der Waals surface area contributed by atoms with Crippen LogP contribution in [0.5, 0.6) is 5.75 Å². The molecule has 2 aliphatic heterocycles. The van der Waals surface area contributed by atoms with Gasteiger partial charge in [0, 0.05) is 18.2 Å². The Morgan fingerprint density at radius 2 is 2.00 bits per heavy atom. The lowest BCUT2D eigenvalue weighted by molar-refractivity contribution is 0.111. The molecular formula is C14H16FNO2. The number of ether oxygens (including phenoxy) is 1. The number of nitrogens with one attached hydrogen (secondary N) is 1. The Bertz CT molecular complexity index is 451. The molecule has 2 heterocycles. The zero-order valence-electron chi connectivity index (χ0n) is 10.1. The van der Waals surface area contributed by atoms with Crippen molar-refractivity contribution in [1.82, 2.24) is 5.32 Å². The van der Waals surface area contributed by atoms with Gasteiger partial charge in [-0.15, -0.1) is 0 Å². The minimum Gasteiger partial charge on any atom is -0.490 e. The van der Waals surface area contributed by atoms with Gasteiger partial charge in [-0.05, 0) is 37.8 Å². The molecule has 2 fully saturated rings. The van der Waals surface area contributed by atoms with Crippen molar-refractivity contribution in [3.05, 3.63) is 29.6 Å². The highest BCUT2D eigenvalue weighted by Gasteiger charge is 2.34. The van der Waals surface area contributed by atoms with Gasteiger partial charge >= 0.3 is 0 Å². The van der Waals surface area contributed by atoms with Gasteiger partial charge in [0.25, 0.3) is 0 Å². The predicted molar refractivity (Wildman–Crippen MR) is 65.4 cm³/mol. The highest BCUT2D eigenvalue weighted by molar-refractivity contribution is 5.75. The molecule has 2 unspecified atom stereocenters. The molecule has 2 bridgehead atoms. The van der Waals surface area contributed by atoms with Crippen molar-refractivity contribution >= 4 is 6.29 Å². The molecule has 4 heteroatoms. The van der Waals surface area contributed by atoms with Gasteiger partial charge in [-0.2, -0.15) is 0 Å². The van der Waals surface area contributed by atoms with E-state index in [9.17, 15) is 9.18 Å². The van der Waals surface area contributed by atoms with Crippen LogP contribution in [0.2, 0.25) is 0 Å². The third-order valence-electron chi connectivity index (χ3n) is 3.83. The molecule has 2 atom stereocenters. The maximum Gasteiger partial charge on any atom is 0.152 e. The second-order valence-corrected chi connectivity index (χ2v) is 5.15. The van der Waals surface area contributed by atoms with E-state index >= 15 is 0 Å². The summed E-state index contributed by atoms with van der Waals surface area (Å²) in [6.45, 7) is 0. The van der Waals surface area contributed by atoms with Gasteiger partial charge in [0.2, 0.25) is 0 Å². The van der Waals surface area contributed by atoms with E-state index in [2.05, 4.69) is 5.32 Å². The van der Waals surface area contributed by atoms with Crippen LogP contribution in [0.3, 0.4) is 0 Å². The summed E-state index contributed by atoms with van der Waals surface area (Å²) in [6.07, 6.45) is 5.06. The van der Waals surface area contributed by atoms with E-state index in [0.29, 0.717) is 24.1 Å². The molecule has 0 amide bonds. The Kier molecular flexibility index (Phi) is 3.04. The van der Waals surface area contributed by atoms with E-state index in [1.165, 1.54) is 25.0 Å². The van der Waals surface area contributed by atoms with Gasteiger partial charge in [-0.25, -0.2) is 4.39 Å². The van der Waals surface area contributed by atoms with Crippen LogP contribution in [0.15, 0.2) is 18.2 Å². The highest BCUT2D eigenvalue weighted by atomic mass is 19.1. The second-order valence-electron chi connectivity index (χ2n) is 5.15. The fourth-order valence-electron chi connectivity index (χ4n) is 2.97. The van der Waals surface area contributed by atoms with Crippen LogP contribution in [-0.2, 0) is 0 Å². The molecule has 96 valence electrons. The number of carbonyl (C=O) groups excluding carboxylic acids is 1. The minimum atomic E-state index is -0.514. The van der Waals surface area contributed by atoms with Gasteiger partial charge in [0.1, 0.15) is 17.7 Å². The molecule has 1 aromatic carbocycles. The number of piperidine rings is 1. The first-order valence-electron chi connectivity index (χ1n) is 6.42. The van der Waals surface area contributed by atoms with E-state index in [1.54, 1.807) is 6.07 Å². The lowest BCUT2D eigenvalue weighted by Gasteiger charge is -2.29. The lowest BCUT2D eigenvalue weighted by atomic mass is 10.0. The average molecular weight is 249 g/mol. The Morgan fingerprint density at radius 1 is 1.28 bits per heavy atom. The number of hydrogen-bond acceptors (Lipinski definition) is 3. The number of aldehydes is 1. The number of fused-ring (bicyclic) bond motifs is 2. The van der Waals surface area contributed by atoms with Crippen molar-refractivity contribution in [2.75, 3.05) is 0 Å². The van der Waals surface area contributed by atoms with Gasteiger partial charge in [0.05, 0.1) is 5.56 Å². The first-order valence-corrected chi connectivity index (χ1v) is 6.42. The van der Waals surface area contributed by atoms with Gasteiger partial charge in [-0.3, -0.25) is 4.79 Å². The van der Waals surface area contributed by atoms with Crippen molar-refractivity contribution in [2.45, 2.75) is 43.9 Å². The van der Waals surface area contributed by atoms with E-state index < -0.39 is 5.82 Å². The average Bonchev–Trinajstić information content (AvgIpc) is 2.69. The van der Waals surface area contributed by atoms with Crippen LogP contribution in [-0.4, -0.2) is 24.5 Å². The number of halogens is 1. The second kappa shape index (κ2) is 4.69. The summed E-state index contributed by atoms with van der Waals surface area (Å²) in [7, 11) is 0. The molecule has 2 aliphatic rings. The Balaban J connectivity index is 1.69. The molecule has 1 aromatic rings. The normalized spacial score (nSPS) is 30.2. The van der Waals surface area contributed by atoms with E-state index in [4.69, 9.17) is 4.74 Å².